The molecule has 2 aromatic rings. The van der Waals surface area contributed by atoms with Gasteiger partial charge in [-0.15, -0.1) is 0 Å². The fourth-order valence-electron chi connectivity index (χ4n) is 4.53. The number of anilines is 2. The van der Waals surface area contributed by atoms with E-state index < -0.39 is 17.7 Å². The van der Waals surface area contributed by atoms with Gasteiger partial charge in [0.25, 0.3) is 11.6 Å². The Morgan fingerprint density at radius 2 is 1.87 bits per heavy atom. The Labute approximate surface area is 177 Å². The van der Waals surface area contributed by atoms with Crippen LogP contribution in [0.5, 0.6) is 0 Å². The number of aliphatic hydroxyl groups is 1. The predicted molar refractivity (Wildman–Crippen MR) is 117 cm³/mol. The van der Waals surface area contributed by atoms with Crippen molar-refractivity contribution in [3.8, 4) is 0 Å². The summed E-state index contributed by atoms with van der Waals surface area (Å²) in [5.74, 6) is -0.240. The van der Waals surface area contributed by atoms with Crippen molar-refractivity contribution in [1.29, 1.82) is 0 Å². The van der Waals surface area contributed by atoms with Crippen LogP contribution in [0.3, 0.4) is 0 Å². The molecule has 1 aliphatic heterocycles. The van der Waals surface area contributed by atoms with E-state index in [0.717, 1.165) is 36.8 Å². The quantitative estimate of drug-likeness (QED) is 0.713. The van der Waals surface area contributed by atoms with Crippen molar-refractivity contribution in [2.75, 3.05) is 10.2 Å². The van der Waals surface area contributed by atoms with E-state index >= 15 is 0 Å². The smallest absolute Gasteiger partial charge is 0.329 e. The Kier molecular flexibility index (Phi) is 5.28. The molecule has 4 rings (SSSR count). The van der Waals surface area contributed by atoms with Crippen LogP contribution < -0.4 is 15.5 Å². The van der Waals surface area contributed by atoms with Gasteiger partial charge in [0.05, 0.1) is 5.69 Å². The number of nitrogens with one attached hydrogen (secondary N) is 2. The molecule has 0 aromatic heterocycles. The van der Waals surface area contributed by atoms with Crippen molar-refractivity contribution < 1.29 is 14.7 Å². The summed E-state index contributed by atoms with van der Waals surface area (Å²) in [6.07, 6.45) is 4.12. The molecular formula is C24H29N3O3. The SMILES string of the molecule is Cc1ccc(N2C(=O)Nc3ccccc3C2(O)C(=O)NC2CCCCC2C)cc1C. The first kappa shape index (κ1) is 20.4. The zero-order valence-corrected chi connectivity index (χ0v) is 17.7. The third-order valence-corrected chi connectivity index (χ3v) is 6.56. The molecule has 3 unspecified atom stereocenters. The highest BCUT2D eigenvalue weighted by atomic mass is 16.3. The summed E-state index contributed by atoms with van der Waals surface area (Å²) in [7, 11) is 0. The van der Waals surface area contributed by atoms with Gasteiger partial charge in [0, 0.05) is 17.3 Å². The lowest BCUT2D eigenvalue weighted by atomic mass is 9.85. The number of hydrogen-bond acceptors (Lipinski definition) is 3. The molecule has 0 spiro atoms. The van der Waals surface area contributed by atoms with Crippen LogP contribution in [0.2, 0.25) is 0 Å². The maximum absolute atomic E-state index is 13.6. The summed E-state index contributed by atoms with van der Waals surface area (Å²) in [4.78, 5) is 27.9. The van der Waals surface area contributed by atoms with Gasteiger partial charge in [0.2, 0.25) is 0 Å². The van der Waals surface area contributed by atoms with E-state index in [-0.39, 0.29) is 6.04 Å². The number of carbonyl (C=O) groups is 2. The molecule has 1 aliphatic carbocycles. The van der Waals surface area contributed by atoms with Gasteiger partial charge in [-0.3, -0.25) is 9.69 Å². The standard InChI is InChI=1S/C24H29N3O3/c1-15-12-13-18(14-17(15)3)27-23(29)26-21-11-7-5-9-19(21)24(27,30)22(28)25-20-10-6-4-8-16(20)2/h5,7,9,11-14,16,20,30H,4,6,8,10H2,1-3H3,(H,25,28)(H,26,29). The van der Waals surface area contributed by atoms with Crippen molar-refractivity contribution in [1.82, 2.24) is 5.32 Å². The summed E-state index contributed by atoms with van der Waals surface area (Å²) in [6.45, 7) is 6.04. The lowest BCUT2D eigenvalue weighted by Gasteiger charge is -2.44. The van der Waals surface area contributed by atoms with E-state index in [1.165, 1.54) is 4.90 Å². The van der Waals surface area contributed by atoms with Gasteiger partial charge in [-0.25, -0.2) is 4.79 Å². The molecule has 6 heteroatoms. The second-order valence-electron chi connectivity index (χ2n) is 8.59. The molecule has 30 heavy (non-hydrogen) atoms. The summed E-state index contributed by atoms with van der Waals surface area (Å²) < 4.78 is 0. The number of rotatable bonds is 3. The van der Waals surface area contributed by atoms with Crippen molar-refractivity contribution in [2.24, 2.45) is 5.92 Å². The molecule has 0 radical (unpaired) electrons. The second kappa shape index (κ2) is 7.76. The van der Waals surface area contributed by atoms with E-state index in [0.29, 0.717) is 22.9 Å². The maximum Gasteiger partial charge on any atom is 0.329 e. The molecule has 1 fully saturated rings. The monoisotopic (exact) mass is 407 g/mol. The molecule has 2 aliphatic rings. The van der Waals surface area contributed by atoms with Gasteiger partial charge >= 0.3 is 6.03 Å². The van der Waals surface area contributed by atoms with Crippen LogP contribution >= 0.6 is 0 Å². The number of hydrogen-bond donors (Lipinski definition) is 3. The summed E-state index contributed by atoms with van der Waals surface area (Å²) >= 11 is 0. The van der Waals surface area contributed by atoms with E-state index in [2.05, 4.69) is 17.6 Å². The average Bonchev–Trinajstić information content (AvgIpc) is 2.72. The number of carbonyl (C=O) groups excluding carboxylic acids is 2. The fraction of sp³-hybridized carbons (Fsp3) is 0.417. The minimum absolute atomic E-state index is 0.0194. The normalized spacial score (nSPS) is 26.0. The number of aryl methyl sites for hydroxylation is 2. The van der Waals surface area contributed by atoms with E-state index in [1.54, 1.807) is 30.3 Å². The largest absolute Gasteiger partial charge is 0.359 e. The van der Waals surface area contributed by atoms with E-state index in [4.69, 9.17) is 0 Å². The first-order chi connectivity index (χ1) is 14.3. The molecule has 0 bridgehead atoms. The Balaban J connectivity index is 1.80. The van der Waals surface area contributed by atoms with Gasteiger partial charge < -0.3 is 15.7 Å². The van der Waals surface area contributed by atoms with E-state index in [1.807, 2.05) is 26.0 Å². The molecule has 0 saturated heterocycles. The fourth-order valence-corrected chi connectivity index (χ4v) is 4.53. The Morgan fingerprint density at radius 1 is 1.13 bits per heavy atom. The summed E-state index contributed by atoms with van der Waals surface area (Å²) in [5, 5.41) is 17.8. The number of fused-ring (bicyclic) bond motifs is 1. The number of benzene rings is 2. The van der Waals surface area contributed by atoms with Crippen LogP contribution in [0.4, 0.5) is 16.2 Å². The van der Waals surface area contributed by atoms with Crippen LogP contribution in [0.15, 0.2) is 42.5 Å². The third kappa shape index (κ3) is 3.35. The van der Waals surface area contributed by atoms with Crippen LogP contribution in [0.1, 0.15) is 49.3 Å². The first-order valence-electron chi connectivity index (χ1n) is 10.6. The Bertz CT molecular complexity index is 989. The molecule has 3 atom stereocenters. The predicted octanol–water partition coefficient (Wildman–Crippen LogP) is 4.20. The van der Waals surface area contributed by atoms with Crippen LogP contribution in [0, 0.1) is 19.8 Å². The molecule has 3 amide bonds. The van der Waals surface area contributed by atoms with Gasteiger partial charge in [-0.1, -0.05) is 44.0 Å². The van der Waals surface area contributed by atoms with E-state index in [9.17, 15) is 14.7 Å². The molecule has 6 nitrogen and oxygen atoms in total. The first-order valence-corrected chi connectivity index (χ1v) is 10.6. The van der Waals surface area contributed by atoms with Crippen molar-refractivity contribution >= 4 is 23.3 Å². The summed E-state index contributed by atoms with van der Waals surface area (Å²) in [5.41, 5.74) is 1.18. The number of urea groups is 1. The molecule has 158 valence electrons. The molecule has 1 heterocycles. The highest BCUT2D eigenvalue weighted by Gasteiger charge is 2.52. The zero-order valence-electron chi connectivity index (χ0n) is 17.7. The minimum atomic E-state index is -2.14. The average molecular weight is 408 g/mol. The van der Waals surface area contributed by atoms with Gasteiger partial charge in [-0.2, -0.15) is 0 Å². The lowest BCUT2D eigenvalue weighted by molar-refractivity contribution is -0.141. The second-order valence-corrected chi connectivity index (χ2v) is 8.59. The molecule has 2 aromatic carbocycles. The highest BCUT2D eigenvalue weighted by molar-refractivity contribution is 6.11. The number of amides is 3. The lowest BCUT2D eigenvalue weighted by Crippen LogP contribution is -2.64. The van der Waals surface area contributed by atoms with Crippen molar-refractivity contribution in [2.45, 2.75) is 58.2 Å². The third-order valence-electron chi connectivity index (χ3n) is 6.56. The van der Waals surface area contributed by atoms with Gasteiger partial charge in [0.1, 0.15) is 0 Å². The molecular weight excluding hydrogens is 378 g/mol. The van der Waals surface area contributed by atoms with Crippen molar-refractivity contribution in [3.05, 3.63) is 59.2 Å². The Morgan fingerprint density at radius 3 is 2.60 bits per heavy atom. The van der Waals surface area contributed by atoms with Gasteiger partial charge in [0.15, 0.2) is 0 Å². The Hall–Kier alpha value is -2.86. The molecule has 3 N–H and O–H groups in total. The van der Waals surface area contributed by atoms with Crippen LogP contribution in [-0.4, -0.2) is 23.1 Å². The topological polar surface area (TPSA) is 81.7 Å². The van der Waals surface area contributed by atoms with Crippen molar-refractivity contribution in [3.63, 3.8) is 0 Å². The number of para-hydroxylation sites is 1. The molecule has 1 saturated carbocycles. The minimum Gasteiger partial charge on any atom is -0.359 e. The van der Waals surface area contributed by atoms with Gasteiger partial charge in [-0.05, 0) is 61.9 Å². The highest BCUT2D eigenvalue weighted by Crippen LogP contribution is 2.40. The zero-order chi connectivity index (χ0) is 21.5. The summed E-state index contributed by atoms with van der Waals surface area (Å²) in [6, 6.07) is 11.8. The van der Waals surface area contributed by atoms with Crippen LogP contribution in [0.25, 0.3) is 0 Å². The maximum atomic E-state index is 13.6. The number of nitrogens with zero attached hydrogens (tertiary/aromatic N) is 1. The van der Waals surface area contributed by atoms with Crippen LogP contribution in [-0.2, 0) is 10.5 Å².